The fraction of sp³-hybridized carbons (Fsp3) is 0.611. The van der Waals surface area contributed by atoms with Gasteiger partial charge in [0.15, 0.2) is 0 Å². The van der Waals surface area contributed by atoms with Gasteiger partial charge in [0.1, 0.15) is 6.79 Å². The maximum atomic E-state index is 12.0. The van der Waals surface area contributed by atoms with Crippen LogP contribution in [0.25, 0.3) is 0 Å². The van der Waals surface area contributed by atoms with Crippen molar-refractivity contribution in [1.29, 1.82) is 0 Å². The van der Waals surface area contributed by atoms with E-state index in [9.17, 15) is 9.90 Å². The third-order valence-electron chi connectivity index (χ3n) is 4.53. The molecular weight excluding hydrogens is 330 g/mol. The lowest BCUT2D eigenvalue weighted by atomic mass is 9.91. The van der Waals surface area contributed by atoms with Crippen LogP contribution in [0.3, 0.4) is 0 Å². The minimum absolute atomic E-state index is 0.0416. The minimum Gasteiger partial charge on any atom is -0.465 e. The summed E-state index contributed by atoms with van der Waals surface area (Å²) >= 11 is 6.36. The van der Waals surface area contributed by atoms with Crippen molar-refractivity contribution in [3.63, 3.8) is 0 Å². The molecule has 24 heavy (non-hydrogen) atoms. The number of methoxy groups -OCH3 is 1. The number of nitrogens with zero attached hydrogens (tertiary/aromatic N) is 1. The highest BCUT2D eigenvalue weighted by Crippen LogP contribution is 2.35. The van der Waals surface area contributed by atoms with E-state index in [-0.39, 0.29) is 18.9 Å². The molecule has 0 unspecified atom stereocenters. The molecule has 1 amide bonds. The average Bonchev–Trinajstić information content (AvgIpc) is 2.59. The van der Waals surface area contributed by atoms with E-state index in [4.69, 9.17) is 21.1 Å². The van der Waals surface area contributed by atoms with E-state index >= 15 is 0 Å². The number of hydrogen-bond donors (Lipinski definition) is 1. The summed E-state index contributed by atoms with van der Waals surface area (Å²) in [6.45, 7) is 0.617. The molecule has 1 saturated carbocycles. The lowest BCUT2D eigenvalue weighted by Crippen LogP contribution is -2.43. The molecule has 1 aromatic carbocycles. The molecule has 0 radical (unpaired) electrons. The number of benzene rings is 1. The molecule has 0 heterocycles. The van der Waals surface area contributed by atoms with Crippen LogP contribution < -0.4 is 0 Å². The first-order chi connectivity index (χ1) is 11.6. The zero-order chi connectivity index (χ0) is 17.4. The van der Waals surface area contributed by atoms with Crippen LogP contribution in [0, 0.1) is 0 Å². The smallest absolute Gasteiger partial charge is 0.408 e. The van der Waals surface area contributed by atoms with E-state index in [0.717, 1.165) is 31.2 Å². The fourth-order valence-electron chi connectivity index (χ4n) is 3.43. The van der Waals surface area contributed by atoms with Crippen LogP contribution in [-0.4, -0.2) is 42.7 Å². The van der Waals surface area contributed by atoms with Crippen molar-refractivity contribution in [3.05, 3.63) is 34.9 Å². The van der Waals surface area contributed by atoms with E-state index in [1.54, 1.807) is 18.1 Å². The topological polar surface area (TPSA) is 59.0 Å². The third kappa shape index (κ3) is 5.10. The molecule has 1 atom stereocenters. The van der Waals surface area contributed by atoms with E-state index in [2.05, 4.69) is 0 Å². The summed E-state index contributed by atoms with van der Waals surface area (Å²) in [7, 11) is 1.57. The molecule has 1 N–H and O–H groups in total. The molecule has 0 aliphatic heterocycles. The second-order valence-corrected chi connectivity index (χ2v) is 6.53. The number of rotatable bonds is 8. The molecule has 1 aliphatic rings. The molecule has 1 fully saturated rings. The van der Waals surface area contributed by atoms with Crippen LogP contribution in [0.4, 0.5) is 4.79 Å². The Morgan fingerprint density at radius 2 is 2.04 bits per heavy atom. The Morgan fingerprint density at radius 3 is 2.67 bits per heavy atom. The number of carboxylic acid groups (broad SMARTS) is 1. The van der Waals surface area contributed by atoms with Gasteiger partial charge in [-0.3, -0.25) is 4.90 Å². The maximum Gasteiger partial charge on any atom is 0.408 e. The van der Waals surface area contributed by atoms with Gasteiger partial charge in [-0.25, -0.2) is 4.79 Å². The fourth-order valence-corrected chi connectivity index (χ4v) is 3.69. The Bertz CT molecular complexity index is 519. The summed E-state index contributed by atoms with van der Waals surface area (Å²) in [4.78, 5) is 13.6. The highest BCUT2D eigenvalue weighted by atomic mass is 35.5. The van der Waals surface area contributed by atoms with Gasteiger partial charge in [-0.05, 0) is 30.9 Å². The van der Waals surface area contributed by atoms with Crippen LogP contribution in [0.15, 0.2) is 24.3 Å². The molecule has 2 rings (SSSR count). The van der Waals surface area contributed by atoms with Crippen LogP contribution >= 0.6 is 11.6 Å². The monoisotopic (exact) mass is 355 g/mol. The largest absolute Gasteiger partial charge is 0.465 e. The quantitative estimate of drug-likeness (QED) is 0.542. The van der Waals surface area contributed by atoms with Gasteiger partial charge in [0.05, 0.1) is 12.6 Å². The standard InChI is InChI=1S/C18H26ClNO4/c1-23-13-24-12-11-17(15-9-5-6-10-16(15)19)20(18(21)22)14-7-3-2-4-8-14/h5-6,9-10,14,17H,2-4,7-8,11-13H2,1H3,(H,21,22)/t17-/m0/s1. The van der Waals surface area contributed by atoms with Gasteiger partial charge in [0, 0.05) is 18.2 Å². The van der Waals surface area contributed by atoms with Crippen molar-refractivity contribution in [1.82, 2.24) is 4.90 Å². The van der Waals surface area contributed by atoms with E-state index in [1.807, 2.05) is 18.2 Å². The summed E-state index contributed by atoms with van der Waals surface area (Å²) in [6.07, 6.45) is 4.80. The molecular formula is C18H26ClNO4. The highest BCUT2D eigenvalue weighted by Gasteiger charge is 2.33. The molecule has 1 aliphatic carbocycles. The van der Waals surface area contributed by atoms with Gasteiger partial charge in [0.25, 0.3) is 0 Å². The molecule has 134 valence electrons. The van der Waals surface area contributed by atoms with Gasteiger partial charge in [-0.2, -0.15) is 0 Å². The van der Waals surface area contributed by atoms with Gasteiger partial charge in [0.2, 0.25) is 0 Å². The maximum absolute atomic E-state index is 12.0. The van der Waals surface area contributed by atoms with Crippen molar-refractivity contribution >= 4 is 17.7 Å². The number of ether oxygens (including phenoxy) is 2. The summed E-state index contributed by atoms with van der Waals surface area (Å²) in [5.74, 6) is 0. The summed E-state index contributed by atoms with van der Waals surface area (Å²) < 4.78 is 10.3. The van der Waals surface area contributed by atoms with Crippen LogP contribution in [-0.2, 0) is 9.47 Å². The molecule has 0 spiro atoms. The van der Waals surface area contributed by atoms with Gasteiger partial charge in [-0.15, -0.1) is 0 Å². The van der Waals surface area contributed by atoms with Gasteiger partial charge < -0.3 is 14.6 Å². The Kier molecular flexibility index (Phi) is 7.82. The van der Waals surface area contributed by atoms with Crippen molar-refractivity contribution in [2.75, 3.05) is 20.5 Å². The van der Waals surface area contributed by atoms with Crippen molar-refractivity contribution in [3.8, 4) is 0 Å². The normalized spacial score (nSPS) is 16.8. The van der Waals surface area contributed by atoms with E-state index in [0.29, 0.717) is 18.1 Å². The van der Waals surface area contributed by atoms with Crippen LogP contribution in [0.5, 0.6) is 0 Å². The number of amides is 1. The summed E-state index contributed by atoms with van der Waals surface area (Å²) in [5.41, 5.74) is 0.841. The average molecular weight is 356 g/mol. The molecule has 1 aromatic rings. The van der Waals surface area contributed by atoms with E-state index < -0.39 is 6.09 Å². The summed E-state index contributed by atoms with van der Waals surface area (Å²) in [6, 6.07) is 7.19. The third-order valence-corrected chi connectivity index (χ3v) is 4.87. The first kappa shape index (κ1) is 19.0. The van der Waals surface area contributed by atoms with Crippen LogP contribution in [0.2, 0.25) is 5.02 Å². The van der Waals surface area contributed by atoms with Crippen molar-refractivity contribution in [2.24, 2.45) is 0 Å². The predicted molar refractivity (Wildman–Crippen MR) is 93.4 cm³/mol. The van der Waals surface area contributed by atoms with E-state index in [1.165, 1.54) is 6.42 Å². The first-order valence-corrected chi connectivity index (χ1v) is 8.85. The number of hydrogen-bond acceptors (Lipinski definition) is 3. The molecule has 0 aromatic heterocycles. The lowest BCUT2D eigenvalue weighted by Gasteiger charge is -2.38. The Hall–Kier alpha value is -1.30. The molecule has 5 nitrogen and oxygen atoms in total. The van der Waals surface area contributed by atoms with Gasteiger partial charge >= 0.3 is 6.09 Å². The zero-order valence-corrected chi connectivity index (χ0v) is 14.9. The second kappa shape index (κ2) is 9.87. The molecule has 6 heteroatoms. The SMILES string of the molecule is COCOCC[C@@H](c1ccccc1Cl)N(C(=O)O)C1CCCCC1. The van der Waals surface area contributed by atoms with Crippen molar-refractivity contribution in [2.45, 2.75) is 50.6 Å². The first-order valence-electron chi connectivity index (χ1n) is 8.47. The predicted octanol–water partition coefficient (Wildman–Crippen LogP) is 4.70. The molecule has 0 saturated heterocycles. The summed E-state index contributed by atoms with van der Waals surface area (Å²) in [5, 5.41) is 10.5. The molecule has 0 bridgehead atoms. The highest BCUT2D eigenvalue weighted by molar-refractivity contribution is 6.31. The lowest BCUT2D eigenvalue weighted by molar-refractivity contribution is -0.0381. The minimum atomic E-state index is -0.890. The Labute approximate surface area is 148 Å². The Morgan fingerprint density at radius 1 is 1.33 bits per heavy atom. The Balaban J connectivity index is 2.23. The number of halogens is 1. The van der Waals surface area contributed by atoms with Gasteiger partial charge in [-0.1, -0.05) is 49.1 Å². The number of carbonyl (C=O) groups is 1. The zero-order valence-electron chi connectivity index (χ0n) is 14.1. The van der Waals surface area contributed by atoms with Crippen molar-refractivity contribution < 1.29 is 19.4 Å². The van der Waals surface area contributed by atoms with Crippen LogP contribution in [0.1, 0.15) is 50.1 Å². The second-order valence-electron chi connectivity index (χ2n) is 6.12.